The van der Waals surface area contributed by atoms with Gasteiger partial charge in [0.2, 0.25) is 5.91 Å². The third-order valence-corrected chi connectivity index (χ3v) is 7.81. The van der Waals surface area contributed by atoms with E-state index in [1.165, 1.54) is 52.5 Å². The maximum Gasteiger partial charge on any atom is 0.328 e. The van der Waals surface area contributed by atoms with Crippen molar-refractivity contribution in [3.8, 4) is 0 Å². The lowest BCUT2D eigenvalue weighted by Crippen LogP contribution is -2.47. The average Bonchev–Trinajstić information content (AvgIpc) is 3.06. The Kier molecular flexibility index (Phi) is 6.32. The van der Waals surface area contributed by atoms with E-state index < -0.39 is 16.6 Å². The molecule has 1 aliphatic heterocycles. The molecule has 2 aromatic carbocycles. The maximum atomic E-state index is 13.8. The second kappa shape index (κ2) is 9.07. The summed E-state index contributed by atoms with van der Waals surface area (Å²) in [5.74, 6) is -0.503. The Labute approximate surface area is 197 Å². The van der Waals surface area contributed by atoms with E-state index in [1.807, 2.05) is 0 Å². The van der Waals surface area contributed by atoms with Crippen molar-refractivity contribution in [1.29, 1.82) is 0 Å². The van der Waals surface area contributed by atoms with Crippen molar-refractivity contribution in [3.63, 3.8) is 0 Å². The largest absolute Gasteiger partial charge is 0.378 e. The molecule has 0 unspecified atom stereocenters. The molecule has 0 spiro atoms. The predicted molar refractivity (Wildman–Crippen MR) is 127 cm³/mol. The Bertz CT molecular complexity index is 1420. The normalized spacial score (nSPS) is 14.4. The number of fused-ring (bicyclic) bond motifs is 1. The molecule has 0 atom stereocenters. The number of nitrogens with zero attached hydrogens (tertiary/aromatic N) is 4. The first-order chi connectivity index (χ1) is 16.1. The SMILES string of the molecule is CC(=O)c1ccc(N(CC(=O)N2CCOCC2)S(=O)(=O)c2ccc3c(c2)n(C)c(=O)n3C)cc1. The molecule has 1 aliphatic rings. The number of hydrogen-bond acceptors (Lipinski definition) is 6. The molecule has 0 saturated carbocycles. The van der Waals surface area contributed by atoms with E-state index in [0.717, 1.165) is 4.31 Å². The van der Waals surface area contributed by atoms with Crippen LogP contribution in [-0.4, -0.2) is 67.0 Å². The summed E-state index contributed by atoms with van der Waals surface area (Å²) < 4.78 is 36.7. The fourth-order valence-corrected chi connectivity index (χ4v) is 5.42. The van der Waals surface area contributed by atoms with Crippen molar-refractivity contribution in [1.82, 2.24) is 14.0 Å². The van der Waals surface area contributed by atoms with Gasteiger partial charge in [-0.2, -0.15) is 0 Å². The Morgan fingerprint density at radius 1 is 0.971 bits per heavy atom. The minimum atomic E-state index is -4.19. The van der Waals surface area contributed by atoms with Crippen LogP contribution in [0.2, 0.25) is 0 Å². The van der Waals surface area contributed by atoms with E-state index >= 15 is 0 Å². The summed E-state index contributed by atoms with van der Waals surface area (Å²) in [4.78, 5) is 38.5. The van der Waals surface area contributed by atoms with Crippen LogP contribution >= 0.6 is 0 Å². The molecular weight excluding hydrogens is 460 g/mol. The minimum absolute atomic E-state index is 0.0494. The molecule has 0 N–H and O–H groups in total. The zero-order chi connectivity index (χ0) is 24.6. The van der Waals surface area contributed by atoms with Crippen molar-refractivity contribution < 1.29 is 22.7 Å². The minimum Gasteiger partial charge on any atom is -0.378 e. The molecule has 4 rings (SSSR count). The van der Waals surface area contributed by atoms with Gasteiger partial charge in [-0.3, -0.25) is 23.0 Å². The lowest BCUT2D eigenvalue weighted by molar-refractivity contribution is -0.133. The number of anilines is 1. The van der Waals surface area contributed by atoms with Gasteiger partial charge in [-0.05, 0) is 49.4 Å². The van der Waals surface area contributed by atoms with Crippen LogP contribution in [0.5, 0.6) is 0 Å². The van der Waals surface area contributed by atoms with Crippen molar-refractivity contribution >= 4 is 38.4 Å². The van der Waals surface area contributed by atoms with Crippen molar-refractivity contribution in [3.05, 3.63) is 58.5 Å². The topological polar surface area (TPSA) is 111 Å². The molecule has 2 heterocycles. The number of ketones is 1. The van der Waals surface area contributed by atoms with Crippen molar-refractivity contribution in [2.45, 2.75) is 11.8 Å². The molecule has 0 aliphatic carbocycles. The van der Waals surface area contributed by atoms with Crippen molar-refractivity contribution in [2.75, 3.05) is 37.2 Å². The number of rotatable bonds is 6. The van der Waals surface area contributed by atoms with Gasteiger partial charge >= 0.3 is 5.69 Å². The number of morpholine rings is 1. The summed E-state index contributed by atoms with van der Waals surface area (Å²) in [6, 6.07) is 10.5. The van der Waals surface area contributed by atoms with Gasteiger partial charge in [-0.25, -0.2) is 13.2 Å². The van der Waals surface area contributed by atoms with Gasteiger partial charge in [0.05, 0.1) is 34.8 Å². The van der Waals surface area contributed by atoms with Gasteiger partial charge in [-0.15, -0.1) is 0 Å². The van der Waals surface area contributed by atoms with Crippen LogP contribution in [0.1, 0.15) is 17.3 Å². The van der Waals surface area contributed by atoms with Crippen LogP contribution in [0.4, 0.5) is 5.69 Å². The number of amides is 1. The summed E-state index contributed by atoms with van der Waals surface area (Å²) in [6.07, 6.45) is 0. The number of sulfonamides is 1. The Morgan fingerprint density at radius 3 is 2.21 bits per heavy atom. The van der Waals surface area contributed by atoms with E-state index in [-0.39, 0.29) is 28.0 Å². The Balaban J connectivity index is 1.78. The van der Waals surface area contributed by atoms with Crippen LogP contribution in [-0.2, 0) is 33.7 Å². The van der Waals surface area contributed by atoms with E-state index in [0.29, 0.717) is 42.9 Å². The standard InChI is InChI=1S/C23H26N4O6S/c1-16(28)17-4-6-18(7-5-17)27(15-22(29)26-10-12-33-13-11-26)34(31,32)19-8-9-20-21(14-19)25(3)23(30)24(20)2/h4-9,14H,10-13,15H2,1-3H3. The summed E-state index contributed by atoms with van der Waals surface area (Å²) in [5, 5.41) is 0. The van der Waals surface area contributed by atoms with Crippen LogP contribution in [0.3, 0.4) is 0 Å². The van der Waals surface area contributed by atoms with Gasteiger partial charge in [0.1, 0.15) is 6.54 Å². The van der Waals surface area contributed by atoms with E-state index in [9.17, 15) is 22.8 Å². The molecule has 1 fully saturated rings. The Hall–Kier alpha value is -3.44. The van der Waals surface area contributed by atoms with Gasteiger partial charge in [0.25, 0.3) is 10.0 Å². The van der Waals surface area contributed by atoms with Crippen LogP contribution in [0.25, 0.3) is 11.0 Å². The number of aryl methyl sites for hydroxylation is 2. The number of Topliss-reactive ketones (excluding diaryl/α,β-unsaturated/α-hetero) is 1. The quantitative estimate of drug-likeness (QED) is 0.483. The van der Waals surface area contributed by atoms with Crippen molar-refractivity contribution in [2.24, 2.45) is 14.1 Å². The molecule has 1 amide bonds. The molecule has 10 nitrogen and oxygen atoms in total. The third kappa shape index (κ3) is 4.24. The number of ether oxygens (including phenoxy) is 1. The molecule has 0 bridgehead atoms. The zero-order valence-corrected chi connectivity index (χ0v) is 20.0. The van der Waals surface area contributed by atoms with Gasteiger partial charge in [-0.1, -0.05) is 0 Å². The van der Waals surface area contributed by atoms with E-state index in [2.05, 4.69) is 0 Å². The summed E-state index contributed by atoms with van der Waals surface area (Å²) in [5.41, 5.74) is 1.46. The molecule has 34 heavy (non-hydrogen) atoms. The smallest absolute Gasteiger partial charge is 0.328 e. The second-order valence-corrected chi connectivity index (χ2v) is 10.0. The predicted octanol–water partition coefficient (Wildman–Crippen LogP) is 1.13. The highest BCUT2D eigenvalue weighted by atomic mass is 32.2. The highest BCUT2D eigenvalue weighted by molar-refractivity contribution is 7.92. The molecule has 3 aromatic rings. The van der Waals surface area contributed by atoms with Gasteiger partial charge in [0, 0.05) is 32.7 Å². The second-order valence-electron chi connectivity index (χ2n) is 8.16. The number of hydrogen-bond donors (Lipinski definition) is 0. The molecule has 180 valence electrons. The Morgan fingerprint density at radius 2 is 1.59 bits per heavy atom. The summed E-state index contributed by atoms with van der Waals surface area (Å²) in [7, 11) is -1.00. The first-order valence-electron chi connectivity index (χ1n) is 10.8. The zero-order valence-electron chi connectivity index (χ0n) is 19.2. The highest BCUT2D eigenvalue weighted by Gasteiger charge is 2.30. The average molecular weight is 487 g/mol. The summed E-state index contributed by atoms with van der Waals surface area (Å²) in [6.45, 7) is 2.56. The molecule has 1 aromatic heterocycles. The lowest BCUT2D eigenvalue weighted by atomic mass is 10.1. The number of carbonyl (C=O) groups is 2. The fourth-order valence-electron chi connectivity index (χ4n) is 3.99. The number of aromatic nitrogens is 2. The van der Waals surface area contributed by atoms with Gasteiger partial charge < -0.3 is 9.64 Å². The molecular formula is C23H26N4O6S. The lowest BCUT2D eigenvalue weighted by Gasteiger charge is -2.30. The van der Waals surface area contributed by atoms with Crippen LogP contribution in [0.15, 0.2) is 52.2 Å². The first kappa shape index (κ1) is 23.7. The number of imidazole rings is 1. The van der Waals surface area contributed by atoms with Crippen LogP contribution in [0, 0.1) is 0 Å². The monoisotopic (exact) mass is 486 g/mol. The number of benzene rings is 2. The van der Waals surface area contributed by atoms with E-state index in [1.54, 1.807) is 25.1 Å². The highest BCUT2D eigenvalue weighted by Crippen LogP contribution is 2.27. The van der Waals surface area contributed by atoms with Crippen LogP contribution < -0.4 is 9.99 Å². The molecule has 1 saturated heterocycles. The third-order valence-electron chi connectivity index (χ3n) is 6.04. The molecule has 11 heteroatoms. The fraction of sp³-hybridized carbons (Fsp3) is 0.348. The number of carbonyl (C=O) groups excluding carboxylic acids is 2. The first-order valence-corrected chi connectivity index (χ1v) is 12.2. The summed E-state index contributed by atoms with van der Waals surface area (Å²) >= 11 is 0. The molecule has 0 radical (unpaired) electrons. The maximum absolute atomic E-state index is 13.8. The van der Waals surface area contributed by atoms with Gasteiger partial charge in [0.15, 0.2) is 5.78 Å². The van der Waals surface area contributed by atoms with E-state index in [4.69, 9.17) is 4.74 Å².